The average Bonchev–Trinajstić information content (AvgIpc) is 3.66. The lowest BCUT2D eigenvalue weighted by Gasteiger charge is -2.47. The van der Waals surface area contributed by atoms with E-state index >= 15 is 0 Å². The molecule has 350 valence electrons. The average molecular weight is 931 g/mol. The Kier molecular flexibility index (Phi) is 10.2. The maximum absolute atomic E-state index is 11.7. The molecule has 11 rings (SSSR count). The fourth-order valence-corrected chi connectivity index (χ4v) is 11.1. The molecule has 7 aromatic carbocycles. The number of fused-ring (bicyclic) bond motifs is 4. The van der Waals surface area contributed by atoms with Gasteiger partial charge in [-0.1, -0.05) is 109 Å². The third kappa shape index (κ3) is 6.64. The van der Waals surface area contributed by atoms with Crippen molar-refractivity contribution in [3.63, 3.8) is 0 Å². The van der Waals surface area contributed by atoms with Crippen molar-refractivity contribution < 1.29 is 28.8 Å². The van der Waals surface area contributed by atoms with E-state index in [0.717, 1.165) is 55.9 Å². The van der Waals surface area contributed by atoms with E-state index in [2.05, 4.69) is 135 Å². The monoisotopic (exact) mass is 930 g/mol. The summed E-state index contributed by atoms with van der Waals surface area (Å²) in [6.07, 6.45) is 7.90. The van der Waals surface area contributed by atoms with Crippen molar-refractivity contribution in [2.45, 2.75) is 63.1 Å². The van der Waals surface area contributed by atoms with E-state index in [1.54, 1.807) is 0 Å². The third-order valence-electron chi connectivity index (χ3n) is 15.0. The molecule has 4 heterocycles. The van der Waals surface area contributed by atoms with Crippen LogP contribution in [0.5, 0.6) is 23.0 Å². The Bertz CT molecular complexity index is 3110. The molecule has 2 atom stereocenters. The number of rotatable bonds is 10. The molecule has 70 heavy (non-hydrogen) atoms. The second-order valence-electron chi connectivity index (χ2n) is 19.3. The number of nitro benzene ring substituents is 2. The first kappa shape index (κ1) is 44.1. The number of benzene rings is 7. The summed E-state index contributed by atoms with van der Waals surface area (Å²) in [7, 11) is 3.01. The summed E-state index contributed by atoms with van der Waals surface area (Å²) in [5.41, 5.74) is 9.14. The Labute approximate surface area is 405 Å². The lowest BCUT2D eigenvalue weighted by Crippen LogP contribution is -2.59. The zero-order chi connectivity index (χ0) is 48.7. The van der Waals surface area contributed by atoms with Gasteiger partial charge in [-0.3, -0.25) is 20.2 Å². The Morgan fingerprint density at radius 3 is 1.19 bits per heavy atom. The molecule has 0 saturated heterocycles. The second-order valence-corrected chi connectivity index (χ2v) is 19.3. The first-order valence-corrected chi connectivity index (χ1v) is 23.2. The molecular formula is C58H50N4O8. The molecule has 0 radical (unpaired) electrons. The number of ether oxygens (including phenoxy) is 4. The SMILES string of the molecule is COc1cc([N+](=O)[O-])cc2c1OC1(C=C2)N(Cc2ccc(-c3ccc(-c4ccc(CN5c6ccccc6C(C)(C)C56C=Cc5cc([N+](=O)[O-])cc(OC)c5O6)cc4)cc3)cc2)c2ccccc2C1(C)C. The highest BCUT2D eigenvalue weighted by molar-refractivity contribution is 5.78. The smallest absolute Gasteiger partial charge is 0.274 e. The molecule has 2 unspecified atom stereocenters. The van der Waals surface area contributed by atoms with Crippen molar-refractivity contribution in [1.82, 2.24) is 0 Å². The lowest BCUT2D eigenvalue weighted by atomic mass is 9.76. The number of nitro groups is 2. The highest BCUT2D eigenvalue weighted by Gasteiger charge is 2.60. The molecule has 0 N–H and O–H groups in total. The van der Waals surface area contributed by atoms with Crippen LogP contribution < -0.4 is 28.7 Å². The van der Waals surface area contributed by atoms with Gasteiger partial charge in [0.05, 0.1) is 47.0 Å². The molecular weight excluding hydrogens is 881 g/mol. The zero-order valence-electron chi connectivity index (χ0n) is 39.6. The van der Waals surface area contributed by atoms with Gasteiger partial charge in [0.2, 0.25) is 11.4 Å². The summed E-state index contributed by atoms with van der Waals surface area (Å²) < 4.78 is 25.4. The maximum atomic E-state index is 11.7. The fourth-order valence-electron chi connectivity index (χ4n) is 11.1. The minimum absolute atomic E-state index is 0.0582. The van der Waals surface area contributed by atoms with Gasteiger partial charge in [0.15, 0.2) is 23.0 Å². The van der Waals surface area contributed by atoms with Gasteiger partial charge in [-0.2, -0.15) is 0 Å². The predicted octanol–water partition coefficient (Wildman–Crippen LogP) is 13.1. The van der Waals surface area contributed by atoms with Crippen LogP contribution in [0.3, 0.4) is 0 Å². The van der Waals surface area contributed by atoms with Crippen LogP contribution >= 0.6 is 0 Å². The molecule has 2 spiro atoms. The largest absolute Gasteiger partial charge is 0.493 e. The van der Waals surface area contributed by atoms with Crippen LogP contribution in [0.25, 0.3) is 34.4 Å². The molecule has 0 aromatic heterocycles. The van der Waals surface area contributed by atoms with Gasteiger partial charge in [0, 0.05) is 47.7 Å². The summed E-state index contributed by atoms with van der Waals surface area (Å²) in [5.74, 6) is 1.58. The Balaban J connectivity index is 0.826. The van der Waals surface area contributed by atoms with Crippen LogP contribution in [0.4, 0.5) is 22.7 Å². The fraction of sp³-hybridized carbons (Fsp3) is 0.207. The van der Waals surface area contributed by atoms with Crippen LogP contribution in [0.2, 0.25) is 0 Å². The number of nitrogens with zero attached hydrogens (tertiary/aromatic N) is 4. The van der Waals surface area contributed by atoms with E-state index < -0.39 is 32.1 Å². The normalized spacial score (nSPS) is 19.5. The Morgan fingerprint density at radius 1 is 0.500 bits per heavy atom. The minimum Gasteiger partial charge on any atom is -0.493 e. The number of hydrogen-bond acceptors (Lipinski definition) is 10. The van der Waals surface area contributed by atoms with Gasteiger partial charge in [0.25, 0.3) is 11.4 Å². The molecule has 4 aliphatic heterocycles. The van der Waals surface area contributed by atoms with Crippen molar-refractivity contribution in [1.29, 1.82) is 0 Å². The minimum atomic E-state index is -0.948. The van der Waals surface area contributed by atoms with Crippen LogP contribution in [0.1, 0.15) is 61.1 Å². The van der Waals surface area contributed by atoms with Gasteiger partial charge < -0.3 is 28.7 Å². The lowest BCUT2D eigenvalue weighted by molar-refractivity contribution is -0.385. The molecule has 0 saturated carbocycles. The second kappa shape index (κ2) is 16.1. The molecule has 4 aliphatic rings. The number of methoxy groups -OCH3 is 2. The van der Waals surface area contributed by atoms with E-state index in [9.17, 15) is 20.2 Å². The van der Waals surface area contributed by atoms with Crippen molar-refractivity contribution in [3.05, 3.63) is 211 Å². The van der Waals surface area contributed by atoms with Crippen LogP contribution in [0.15, 0.2) is 158 Å². The number of para-hydroxylation sites is 2. The summed E-state index contributed by atoms with van der Waals surface area (Å²) >= 11 is 0. The highest BCUT2D eigenvalue weighted by Crippen LogP contribution is 2.59. The summed E-state index contributed by atoms with van der Waals surface area (Å²) in [6.45, 7) is 9.79. The molecule has 12 heteroatoms. The third-order valence-corrected chi connectivity index (χ3v) is 15.0. The summed E-state index contributed by atoms with van der Waals surface area (Å²) in [6, 6.07) is 48.5. The van der Waals surface area contributed by atoms with Crippen molar-refractivity contribution in [2.24, 2.45) is 0 Å². The predicted molar refractivity (Wildman–Crippen MR) is 273 cm³/mol. The number of anilines is 2. The van der Waals surface area contributed by atoms with Gasteiger partial charge in [0.1, 0.15) is 0 Å². The topological polar surface area (TPSA) is 130 Å². The van der Waals surface area contributed by atoms with Crippen LogP contribution in [-0.2, 0) is 23.9 Å². The Morgan fingerprint density at radius 2 is 0.843 bits per heavy atom. The molecule has 0 fully saturated rings. The quantitative estimate of drug-likeness (QED) is 0.0965. The van der Waals surface area contributed by atoms with Crippen LogP contribution in [0, 0.1) is 20.2 Å². The number of hydrogen-bond donors (Lipinski definition) is 0. The molecule has 0 aliphatic carbocycles. The van der Waals surface area contributed by atoms with E-state index in [4.69, 9.17) is 18.9 Å². The van der Waals surface area contributed by atoms with Crippen molar-refractivity contribution in [3.8, 4) is 45.3 Å². The number of non-ortho nitro benzene ring substituents is 2. The zero-order valence-corrected chi connectivity index (χ0v) is 39.6. The molecule has 7 aromatic rings. The summed E-state index contributed by atoms with van der Waals surface area (Å²) in [4.78, 5) is 27.2. The van der Waals surface area contributed by atoms with E-state index in [1.165, 1.54) is 38.5 Å². The van der Waals surface area contributed by atoms with Gasteiger partial charge in [-0.25, -0.2) is 0 Å². The van der Waals surface area contributed by atoms with E-state index in [1.807, 2.05) is 48.6 Å². The molecule has 0 bridgehead atoms. The first-order chi connectivity index (χ1) is 33.7. The van der Waals surface area contributed by atoms with E-state index in [0.29, 0.717) is 47.2 Å². The van der Waals surface area contributed by atoms with Crippen molar-refractivity contribution in [2.75, 3.05) is 24.0 Å². The highest BCUT2D eigenvalue weighted by atomic mass is 16.6. The van der Waals surface area contributed by atoms with Crippen LogP contribution in [-0.4, -0.2) is 35.5 Å². The molecule has 12 nitrogen and oxygen atoms in total. The van der Waals surface area contributed by atoms with Gasteiger partial charge in [-0.05, 0) is 109 Å². The maximum Gasteiger partial charge on any atom is 0.274 e. The summed E-state index contributed by atoms with van der Waals surface area (Å²) in [5, 5.41) is 23.5. The van der Waals surface area contributed by atoms with Gasteiger partial charge in [-0.15, -0.1) is 0 Å². The Hall–Kier alpha value is -8.38. The van der Waals surface area contributed by atoms with Crippen molar-refractivity contribution >= 4 is 34.9 Å². The van der Waals surface area contributed by atoms with Gasteiger partial charge >= 0.3 is 0 Å². The van der Waals surface area contributed by atoms with E-state index in [-0.39, 0.29) is 11.4 Å². The molecule has 0 amide bonds. The standard InChI is InChI=1S/C58H50N4O8/c1-55(2)47-11-7-9-13-49(47)59(57(55)29-27-43-31-45(61(63)64)33-51(67-5)53(43)69-57)35-37-15-19-39(20-16-37)41-23-25-42(26-24-41)40-21-17-38(18-22-40)36-60-50-14-10-8-12-48(50)56(3,4)58(60)30-28-44-32-46(62(65)66)34-52(68-6)54(44)70-58/h7-34H,35-36H2,1-6H3. The first-order valence-electron chi connectivity index (χ1n) is 23.2.